The van der Waals surface area contributed by atoms with Gasteiger partial charge in [0.1, 0.15) is 17.2 Å². The smallest absolute Gasteiger partial charge is 0.154 e. The first-order valence-electron chi connectivity index (χ1n) is 6.64. The summed E-state index contributed by atoms with van der Waals surface area (Å²) in [7, 11) is 3.24. The molecule has 0 aliphatic rings. The molecule has 1 aromatic heterocycles. The fraction of sp³-hybridized carbons (Fsp3) is 0.400. The van der Waals surface area contributed by atoms with Gasteiger partial charge >= 0.3 is 0 Å². The van der Waals surface area contributed by atoms with E-state index >= 15 is 0 Å². The van der Waals surface area contributed by atoms with E-state index in [0.717, 1.165) is 29.9 Å². The summed E-state index contributed by atoms with van der Waals surface area (Å²) in [6, 6.07) is 7.28. The van der Waals surface area contributed by atoms with Crippen molar-refractivity contribution in [2.45, 2.75) is 25.8 Å². The Morgan fingerprint density at radius 3 is 2.70 bits per heavy atom. The number of rotatable bonds is 6. The van der Waals surface area contributed by atoms with Gasteiger partial charge in [-0.1, -0.05) is 18.5 Å². The van der Waals surface area contributed by atoms with Crippen molar-refractivity contribution >= 4 is 0 Å². The molecule has 0 saturated heterocycles. The van der Waals surface area contributed by atoms with E-state index in [1.807, 2.05) is 24.3 Å². The predicted octanol–water partition coefficient (Wildman–Crippen LogP) is 3.16. The number of ether oxygens (including phenoxy) is 2. The van der Waals surface area contributed by atoms with Gasteiger partial charge in [0.2, 0.25) is 0 Å². The summed E-state index contributed by atoms with van der Waals surface area (Å²) < 4.78 is 15.9. The molecule has 2 N–H and O–H groups in total. The molecule has 1 atom stereocenters. The van der Waals surface area contributed by atoms with Crippen LogP contribution in [0.2, 0.25) is 0 Å². The van der Waals surface area contributed by atoms with Crippen LogP contribution in [0.3, 0.4) is 0 Å². The lowest BCUT2D eigenvalue weighted by atomic mass is 10.1. The van der Waals surface area contributed by atoms with Crippen LogP contribution >= 0.6 is 0 Å². The molecule has 20 heavy (non-hydrogen) atoms. The molecule has 2 rings (SSSR count). The molecule has 1 unspecified atom stereocenters. The van der Waals surface area contributed by atoms with Gasteiger partial charge in [0, 0.05) is 11.6 Å². The summed E-state index contributed by atoms with van der Waals surface area (Å²) in [6.07, 6.45) is 1.86. The molecule has 0 aliphatic carbocycles. The minimum Gasteiger partial charge on any atom is -0.497 e. The van der Waals surface area contributed by atoms with Crippen LogP contribution in [-0.2, 0) is 0 Å². The zero-order valence-electron chi connectivity index (χ0n) is 12.1. The van der Waals surface area contributed by atoms with Crippen LogP contribution in [0.25, 0.3) is 11.3 Å². The maximum Gasteiger partial charge on any atom is 0.154 e. The van der Waals surface area contributed by atoms with E-state index in [2.05, 4.69) is 12.1 Å². The fourth-order valence-corrected chi connectivity index (χ4v) is 2.06. The summed E-state index contributed by atoms with van der Waals surface area (Å²) in [4.78, 5) is 0. The van der Waals surface area contributed by atoms with Crippen LogP contribution in [0, 0.1) is 0 Å². The summed E-state index contributed by atoms with van der Waals surface area (Å²) in [5, 5.41) is 4.08. The Morgan fingerprint density at radius 2 is 2.05 bits per heavy atom. The van der Waals surface area contributed by atoms with E-state index in [9.17, 15) is 0 Å². The van der Waals surface area contributed by atoms with Crippen LogP contribution in [0.1, 0.15) is 31.6 Å². The Morgan fingerprint density at radius 1 is 1.25 bits per heavy atom. The summed E-state index contributed by atoms with van der Waals surface area (Å²) in [6.45, 7) is 2.09. The molecule has 0 fully saturated rings. The van der Waals surface area contributed by atoms with Crippen molar-refractivity contribution in [2.24, 2.45) is 5.73 Å². The number of nitrogens with two attached hydrogens (primary N) is 1. The Bertz CT molecular complexity index is 566. The van der Waals surface area contributed by atoms with Gasteiger partial charge in [-0.25, -0.2) is 0 Å². The van der Waals surface area contributed by atoms with Crippen molar-refractivity contribution in [1.29, 1.82) is 0 Å². The lowest BCUT2D eigenvalue weighted by molar-refractivity contribution is 0.355. The third-order valence-electron chi connectivity index (χ3n) is 3.18. The quantitative estimate of drug-likeness (QED) is 0.877. The first-order valence-corrected chi connectivity index (χ1v) is 6.64. The number of benzene rings is 1. The van der Waals surface area contributed by atoms with Crippen molar-refractivity contribution in [3.05, 3.63) is 30.0 Å². The number of aromatic nitrogens is 1. The van der Waals surface area contributed by atoms with E-state index in [0.29, 0.717) is 11.5 Å². The van der Waals surface area contributed by atoms with Crippen molar-refractivity contribution < 1.29 is 14.0 Å². The Balaban J connectivity index is 2.35. The number of methoxy groups -OCH3 is 2. The molecule has 0 aliphatic heterocycles. The highest BCUT2D eigenvalue weighted by Crippen LogP contribution is 2.33. The monoisotopic (exact) mass is 276 g/mol. The van der Waals surface area contributed by atoms with Gasteiger partial charge in [-0.2, -0.15) is 0 Å². The predicted molar refractivity (Wildman–Crippen MR) is 76.9 cm³/mol. The topological polar surface area (TPSA) is 70.5 Å². The highest BCUT2D eigenvalue weighted by atomic mass is 16.5. The maximum atomic E-state index is 6.03. The van der Waals surface area contributed by atoms with Crippen LogP contribution in [0.4, 0.5) is 0 Å². The van der Waals surface area contributed by atoms with Crippen LogP contribution in [0.5, 0.6) is 11.5 Å². The SMILES string of the molecule is CCCC(N)c1cc(-c2cc(OC)ccc2OC)no1. The van der Waals surface area contributed by atoms with E-state index in [1.54, 1.807) is 14.2 Å². The first kappa shape index (κ1) is 14.4. The summed E-state index contributed by atoms with van der Waals surface area (Å²) in [5.74, 6) is 2.14. The van der Waals surface area contributed by atoms with Crippen LogP contribution in [0.15, 0.2) is 28.8 Å². The normalized spacial score (nSPS) is 12.2. The standard InChI is InChI=1S/C15H20N2O3/c1-4-5-12(16)15-9-13(17-20-15)11-8-10(18-2)6-7-14(11)19-3/h6-9,12H,4-5,16H2,1-3H3. The summed E-state index contributed by atoms with van der Waals surface area (Å²) in [5.41, 5.74) is 7.56. The second-order valence-corrected chi connectivity index (χ2v) is 4.58. The minimum absolute atomic E-state index is 0.127. The zero-order valence-corrected chi connectivity index (χ0v) is 12.1. The molecule has 0 saturated carbocycles. The molecule has 0 amide bonds. The van der Waals surface area contributed by atoms with E-state index in [-0.39, 0.29) is 6.04 Å². The lowest BCUT2D eigenvalue weighted by Gasteiger charge is -2.07. The van der Waals surface area contributed by atoms with Crippen molar-refractivity contribution in [3.8, 4) is 22.8 Å². The summed E-state index contributed by atoms with van der Waals surface area (Å²) >= 11 is 0. The lowest BCUT2D eigenvalue weighted by Crippen LogP contribution is -2.08. The molecular weight excluding hydrogens is 256 g/mol. The third-order valence-corrected chi connectivity index (χ3v) is 3.18. The largest absolute Gasteiger partial charge is 0.497 e. The fourth-order valence-electron chi connectivity index (χ4n) is 2.06. The molecule has 0 spiro atoms. The number of hydrogen-bond donors (Lipinski definition) is 1. The molecule has 5 nitrogen and oxygen atoms in total. The van der Waals surface area contributed by atoms with E-state index in [4.69, 9.17) is 19.7 Å². The molecule has 1 aromatic carbocycles. The minimum atomic E-state index is -0.127. The Hall–Kier alpha value is -2.01. The van der Waals surface area contributed by atoms with Gasteiger partial charge < -0.3 is 19.7 Å². The second kappa shape index (κ2) is 6.43. The van der Waals surface area contributed by atoms with Crippen molar-refractivity contribution in [1.82, 2.24) is 5.16 Å². The maximum absolute atomic E-state index is 6.03. The van der Waals surface area contributed by atoms with Gasteiger partial charge in [-0.3, -0.25) is 0 Å². The molecule has 5 heteroatoms. The van der Waals surface area contributed by atoms with Crippen molar-refractivity contribution in [3.63, 3.8) is 0 Å². The molecular formula is C15H20N2O3. The molecule has 108 valence electrons. The second-order valence-electron chi connectivity index (χ2n) is 4.58. The van der Waals surface area contributed by atoms with Crippen LogP contribution in [-0.4, -0.2) is 19.4 Å². The molecule has 0 bridgehead atoms. The van der Waals surface area contributed by atoms with Gasteiger partial charge in [0.25, 0.3) is 0 Å². The zero-order chi connectivity index (χ0) is 14.5. The van der Waals surface area contributed by atoms with Crippen LogP contribution < -0.4 is 15.2 Å². The average molecular weight is 276 g/mol. The average Bonchev–Trinajstić information content (AvgIpc) is 2.96. The van der Waals surface area contributed by atoms with E-state index < -0.39 is 0 Å². The van der Waals surface area contributed by atoms with Gasteiger partial charge in [0.15, 0.2) is 5.76 Å². The molecule has 0 radical (unpaired) electrons. The van der Waals surface area contributed by atoms with Gasteiger partial charge in [0.05, 0.1) is 20.3 Å². The Kier molecular flexibility index (Phi) is 4.63. The molecule has 1 heterocycles. The third kappa shape index (κ3) is 2.93. The first-order chi connectivity index (χ1) is 9.69. The number of hydrogen-bond acceptors (Lipinski definition) is 5. The van der Waals surface area contributed by atoms with Gasteiger partial charge in [-0.05, 0) is 24.6 Å². The van der Waals surface area contributed by atoms with Crippen molar-refractivity contribution in [2.75, 3.05) is 14.2 Å². The van der Waals surface area contributed by atoms with Gasteiger partial charge in [-0.15, -0.1) is 0 Å². The molecule has 2 aromatic rings. The number of nitrogens with zero attached hydrogens (tertiary/aromatic N) is 1. The highest BCUT2D eigenvalue weighted by molar-refractivity contribution is 5.69. The van der Waals surface area contributed by atoms with E-state index in [1.165, 1.54) is 0 Å². The Labute approximate surface area is 118 Å². The highest BCUT2D eigenvalue weighted by Gasteiger charge is 2.16.